The Morgan fingerprint density at radius 1 is 1.55 bits per heavy atom. The molecule has 1 fully saturated rings. The van der Waals surface area contributed by atoms with Gasteiger partial charge >= 0.3 is 0 Å². The van der Waals surface area contributed by atoms with E-state index in [9.17, 15) is 13.2 Å². The number of anilines is 1. The van der Waals surface area contributed by atoms with Gasteiger partial charge in [-0.2, -0.15) is 5.26 Å². The van der Waals surface area contributed by atoms with Gasteiger partial charge in [0, 0.05) is 13.5 Å². The van der Waals surface area contributed by atoms with E-state index in [1.807, 2.05) is 0 Å². The number of aromatic nitrogens is 1. The molecule has 1 aromatic heterocycles. The van der Waals surface area contributed by atoms with Crippen molar-refractivity contribution in [3.05, 3.63) is 22.6 Å². The maximum Gasteiger partial charge on any atom is 0.265 e. The van der Waals surface area contributed by atoms with Crippen LogP contribution < -0.4 is 10.2 Å². The monoisotopic (exact) mass is 332 g/mol. The Balaban J connectivity index is 2.37. The number of nitrogens with one attached hydrogen (secondary N) is 1. The summed E-state index contributed by atoms with van der Waals surface area (Å²) >= 11 is 5.82. The molecule has 2 unspecified atom stereocenters. The quantitative estimate of drug-likeness (QED) is 0.865. The number of likely N-dealkylation sites (N-methyl/N-ethyl adjacent to an activating group) is 2. The highest BCUT2D eigenvalue weighted by atomic mass is 35.5. The van der Waals surface area contributed by atoms with Crippen LogP contribution in [0.25, 0.3) is 0 Å². The van der Waals surface area contributed by atoms with Crippen LogP contribution in [0.1, 0.15) is 24.8 Å². The third-order valence-electron chi connectivity index (χ3n) is 4.02. The molecule has 0 bridgehead atoms. The molecule has 1 aliphatic rings. The molecule has 0 amide bonds. The van der Waals surface area contributed by atoms with E-state index in [1.54, 1.807) is 6.07 Å². The second kappa shape index (κ2) is 6.31. The minimum atomic E-state index is -2.88. The van der Waals surface area contributed by atoms with Crippen LogP contribution in [0, 0.1) is 17.1 Å². The van der Waals surface area contributed by atoms with Gasteiger partial charge in [0.15, 0.2) is 11.6 Å². The lowest BCUT2D eigenvalue weighted by molar-refractivity contribution is -0.0685. The highest BCUT2D eigenvalue weighted by Gasteiger charge is 2.48. The molecule has 4 nitrogen and oxygen atoms in total. The molecule has 2 atom stereocenters. The van der Waals surface area contributed by atoms with E-state index in [1.165, 1.54) is 19.0 Å². The Labute approximate surface area is 131 Å². The predicted octanol–water partition coefficient (Wildman–Crippen LogP) is 2.96. The summed E-state index contributed by atoms with van der Waals surface area (Å²) in [6.45, 7) is 0. The molecule has 1 heterocycles. The molecular weight excluding hydrogens is 317 g/mol. The van der Waals surface area contributed by atoms with E-state index >= 15 is 0 Å². The molecule has 0 aliphatic heterocycles. The minimum absolute atomic E-state index is 0.0875. The van der Waals surface area contributed by atoms with Gasteiger partial charge in [-0.05, 0) is 26.0 Å². The maximum absolute atomic E-state index is 14.1. The van der Waals surface area contributed by atoms with Gasteiger partial charge in [-0.1, -0.05) is 11.6 Å². The first-order valence-corrected chi connectivity index (χ1v) is 7.23. The molecule has 1 saturated carbocycles. The third kappa shape index (κ3) is 2.99. The molecule has 0 saturated heterocycles. The van der Waals surface area contributed by atoms with Gasteiger partial charge in [-0.3, -0.25) is 0 Å². The van der Waals surface area contributed by atoms with Gasteiger partial charge in [0.05, 0.1) is 17.6 Å². The van der Waals surface area contributed by atoms with Crippen molar-refractivity contribution in [3.8, 4) is 6.07 Å². The fourth-order valence-electron chi connectivity index (χ4n) is 2.91. The van der Waals surface area contributed by atoms with Gasteiger partial charge in [0.25, 0.3) is 5.92 Å². The Bertz CT molecular complexity index is 602. The van der Waals surface area contributed by atoms with Gasteiger partial charge < -0.3 is 10.2 Å². The summed E-state index contributed by atoms with van der Waals surface area (Å²) in [5, 5.41) is 11.3. The smallest absolute Gasteiger partial charge is 0.265 e. The average molecular weight is 333 g/mol. The fourth-order valence-corrected chi connectivity index (χ4v) is 3.09. The topological polar surface area (TPSA) is 52.0 Å². The number of pyridine rings is 1. The zero-order valence-corrected chi connectivity index (χ0v) is 13.0. The zero-order valence-electron chi connectivity index (χ0n) is 12.2. The third-order valence-corrected chi connectivity index (χ3v) is 4.31. The van der Waals surface area contributed by atoms with Crippen LogP contribution in [0.5, 0.6) is 0 Å². The van der Waals surface area contributed by atoms with Gasteiger partial charge in [-0.15, -0.1) is 0 Å². The van der Waals surface area contributed by atoms with Crippen LogP contribution in [0.15, 0.2) is 6.07 Å². The fraction of sp³-hybridized carbons (Fsp3) is 0.571. The van der Waals surface area contributed by atoms with E-state index in [-0.39, 0.29) is 23.0 Å². The summed E-state index contributed by atoms with van der Waals surface area (Å²) in [6, 6.07) is 0.964. The molecule has 0 aromatic carbocycles. The second-order valence-electron chi connectivity index (χ2n) is 5.34. The summed E-state index contributed by atoms with van der Waals surface area (Å²) in [7, 11) is 2.96. The summed E-state index contributed by atoms with van der Waals surface area (Å²) in [5.41, 5.74) is -0.0875. The Kier molecular flexibility index (Phi) is 4.83. The molecular formula is C14H16ClF3N4. The molecule has 0 spiro atoms. The highest BCUT2D eigenvalue weighted by Crippen LogP contribution is 2.37. The lowest BCUT2D eigenvalue weighted by Crippen LogP contribution is -2.59. The van der Waals surface area contributed by atoms with Crippen molar-refractivity contribution in [1.29, 1.82) is 5.26 Å². The molecule has 0 radical (unpaired) electrons. The van der Waals surface area contributed by atoms with Crippen molar-refractivity contribution in [1.82, 2.24) is 10.3 Å². The van der Waals surface area contributed by atoms with Crippen LogP contribution in [0.2, 0.25) is 5.15 Å². The van der Waals surface area contributed by atoms with Crippen LogP contribution in [0.4, 0.5) is 19.0 Å². The van der Waals surface area contributed by atoms with E-state index in [4.69, 9.17) is 16.9 Å². The Morgan fingerprint density at radius 3 is 2.82 bits per heavy atom. The second-order valence-corrected chi connectivity index (χ2v) is 5.70. The number of nitriles is 1. The number of rotatable bonds is 3. The molecule has 22 heavy (non-hydrogen) atoms. The van der Waals surface area contributed by atoms with Crippen LogP contribution in [0.3, 0.4) is 0 Å². The first-order chi connectivity index (χ1) is 10.3. The van der Waals surface area contributed by atoms with E-state index < -0.39 is 23.8 Å². The van der Waals surface area contributed by atoms with Crippen molar-refractivity contribution in [2.24, 2.45) is 0 Å². The average Bonchev–Trinajstić information content (AvgIpc) is 2.47. The summed E-state index contributed by atoms with van der Waals surface area (Å²) in [5.74, 6) is -3.77. The minimum Gasteiger partial charge on any atom is -0.352 e. The van der Waals surface area contributed by atoms with Crippen molar-refractivity contribution in [2.45, 2.75) is 37.3 Å². The number of nitrogens with zero attached hydrogens (tertiary/aromatic N) is 3. The van der Waals surface area contributed by atoms with Gasteiger partial charge in [0.2, 0.25) is 0 Å². The van der Waals surface area contributed by atoms with Crippen molar-refractivity contribution in [3.63, 3.8) is 0 Å². The Morgan fingerprint density at radius 2 is 2.23 bits per heavy atom. The summed E-state index contributed by atoms with van der Waals surface area (Å²) < 4.78 is 42.2. The number of alkyl halides is 2. The number of hydrogen-bond donors (Lipinski definition) is 1. The number of halogens is 4. The van der Waals surface area contributed by atoms with E-state index in [2.05, 4.69) is 10.3 Å². The predicted molar refractivity (Wildman–Crippen MR) is 77.8 cm³/mol. The van der Waals surface area contributed by atoms with Crippen LogP contribution >= 0.6 is 11.6 Å². The lowest BCUT2D eigenvalue weighted by atomic mass is 9.86. The highest BCUT2D eigenvalue weighted by molar-refractivity contribution is 6.30. The molecule has 1 N–H and O–H groups in total. The summed E-state index contributed by atoms with van der Waals surface area (Å²) in [4.78, 5) is 5.23. The zero-order chi connectivity index (χ0) is 16.5. The maximum atomic E-state index is 14.1. The summed E-state index contributed by atoms with van der Waals surface area (Å²) in [6.07, 6.45) is 0.620. The first kappa shape index (κ1) is 16.8. The van der Waals surface area contributed by atoms with Crippen molar-refractivity contribution < 1.29 is 13.2 Å². The van der Waals surface area contributed by atoms with Crippen LogP contribution in [-0.2, 0) is 0 Å². The standard InChI is InChI=1S/C14H16ClF3N4/c1-20-11-10(4-3-5-14(11,17)18)22(2)13-9(16)6-8(7-19)12(15)21-13/h6,10-11,20H,3-5H2,1-2H3. The van der Waals surface area contributed by atoms with E-state index in [0.717, 1.165) is 6.07 Å². The Hall–Kier alpha value is -1.52. The van der Waals surface area contributed by atoms with E-state index in [0.29, 0.717) is 12.8 Å². The molecule has 8 heteroatoms. The molecule has 2 rings (SSSR count). The molecule has 1 aliphatic carbocycles. The van der Waals surface area contributed by atoms with Crippen molar-refractivity contribution in [2.75, 3.05) is 19.0 Å². The molecule has 120 valence electrons. The largest absolute Gasteiger partial charge is 0.352 e. The normalized spacial score (nSPS) is 23.9. The lowest BCUT2D eigenvalue weighted by Gasteiger charge is -2.42. The first-order valence-electron chi connectivity index (χ1n) is 6.86. The molecule has 1 aromatic rings. The van der Waals surface area contributed by atoms with Gasteiger partial charge in [0.1, 0.15) is 11.2 Å². The van der Waals surface area contributed by atoms with Gasteiger partial charge in [-0.25, -0.2) is 18.2 Å². The number of hydrogen-bond acceptors (Lipinski definition) is 4. The SMILES string of the molecule is CNC1C(N(C)c2nc(Cl)c(C#N)cc2F)CCCC1(F)F. The van der Waals surface area contributed by atoms with Crippen molar-refractivity contribution >= 4 is 17.4 Å². The van der Waals surface area contributed by atoms with Crippen LogP contribution in [-0.4, -0.2) is 37.1 Å².